The lowest BCUT2D eigenvalue weighted by Gasteiger charge is -2.25. The summed E-state index contributed by atoms with van der Waals surface area (Å²) in [4.78, 5) is 2.45. The topological polar surface area (TPSA) is 39.1 Å². The SMILES string of the molecule is N#CCNCCN1CCSCC1. The highest BCUT2D eigenvalue weighted by molar-refractivity contribution is 7.99. The summed E-state index contributed by atoms with van der Waals surface area (Å²) in [6.07, 6.45) is 0. The fourth-order valence-electron chi connectivity index (χ4n) is 1.21. The molecule has 0 aliphatic carbocycles. The van der Waals surface area contributed by atoms with Gasteiger partial charge in [-0.3, -0.25) is 0 Å². The van der Waals surface area contributed by atoms with Crippen LogP contribution in [0, 0.1) is 11.3 Å². The third kappa shape index (κ3) is 3.96. The fourth-order valence-corrected chi connectivity index (χ4v) is 2.18. The van der Waals surface area contributed by atoms with E-state index in [2.05, 4.69) is 16.3 Å². The number of nitrogens with zero attached hydrogens (tertiary/aromatic N) is 2. The van der Waals surface area contributed by atoms with E-state index in [1.54, 1.807) is 0 Å². The minimum absolute atomic E-state index is 0.475. The standard InChI is InChI=1S/C8H15N3S/c9-1-2-10-3-4-11-5-7-12-8-6-11/h10H,2-8H2. The van der Waals surface area contributed by atoms with E-state index in [0.29, 0.717) is 6.54 Å². The van der Waals surface area contributed by atoms with E-state index in [-0.39, 0.29) is 0 Å². The summed E-state index contributed by atoms with van der Waals surface area (Å²) in [6, 6.07) is 2.07. The Labute approximate surface area is 78.1 Å². The van der Waals surface area contributed by atoms with Gasteiger partial charge in [0.05, 0.1) is 12.6 Å². The van der Waals surface area contributed by atoms with Crippen molar-refractivity contribution >= 4 is 11.8 Å². The minimum Gasteiger partial charge on any atom is -0.303 e. The van der Waals surface area contributed by atoms with Gasteiger partial charge in [0.1, 0.15) is 0 Å². The molecule has 0 atom stereocenters. The van der Waals surface area contributed by atoms with Gasteiger partial charge >= 0.3 is 0 Å². The maximum atomic E-state index is 8.27. The molecule has 1 fully saturated rings. The Bertz CT molecular complexity index is 149. The Morgan fingerprint density at radius 1 is 1.42 bits per heavy atom. The maximum absolute atomic E-state index is 8.27. The van der Waals surface area contributed by atoms with Crippen LogP contribution in [0.2, 0.25) is 0 Å². The van der Waals surface area contributed by atoms with Gasteiger partial charge < -0.3 is 10.2 Å². The predicted molar refractivity (Wildman–Crippen MR) is 52.2 cm³/mol. The van der Waals surface area contributed by atoms with Crippen molar-refractivity contribution in [2.45, 2.75) is 0 Å². The Kier molecular flexibility index (Phi) is 5.16. The quantitative estimate of drug-likeness (QED) is 0.500. The van der Waals surface area contributed by atoms with Gasteiger partial charge in [0, 0.05) is 37.7 Å². The molecule has 1 N–H and O–H groups in total. The smallest absolute Gasteiger partial charge is 0.0841 e. The van der Waals surface area contributed by atoms with Crippen LogP contribution in [0.3, 0.4) is 0 Å². The van der Waals surface area contributed by atoms with Crippen molar-refractivity contribution in [2.75, 3.05) is 44.2 Å². The first-order valence-corrected chi connectivity index (χ1v) is 5.47. The van der Waals surface area contributed by atoms with Crippen molar-refractivity contribution < 1.29 is 0 Å². The molecule has 1 aliphatic rings. The van der Waals surface area contributed by atoms with E-state index >= 15 is 0 Å². The van der Waals surface area contributed by atoms with Crippen LogP contribution in [-0.2, 0) is 0 Å². The fraction of sp³-hybridized carbons (Fsp3) is 0.875. The lowest BCUT2D eigenvalue weighted by Crippen LogP contribution is -2.37. The van der Waals surface area contributed by atoms with Crippen molar-refractivity contribution in [3.05, 3.63) is 0 Å². The van der Waals surface area contributed by atoms with Gasteiger partial charge in [0.25, 0.3) is 0 Å². The highest BCUT2D eigenvalue weighted by atomic mass is 32.2. The summed E-state index contributed by atoms with van der Waals surface area (Å²) in [5, 5.41) is 11.3. The number of nitriles is 1. The largest absolute Gasteiger partial charge is 0.303 e. The molecule has 12 heavy (non-hydrogen) atoms. The van der Waals surface area contributed by atoms with Gasteiger partial charge in [0.15, 0.2) is 0 Å². The third-order valence-electron chi connectivity index (χ3n) is 1.91. The van der Waals surface area contributed by atoms with E-state index in [1.165, 1.54) is 24.6 Å². The van der Waals surface area contributed by atoms with E-state index in [9.17, 15) is 0 Å². The zero-order chi connectivity index (χ0) is 8.65. The molecule has 0 amide bonds. The molecule has 0 bridgehead atoms. The molecule has 0 radical (unpaired) electrons. The first-order valence-electron chi connectivity index (χ1n) is 4.31. The summed E-state index contributed by atoms with van der Waals surface area (Å²) < 4.78 is 0. The number of hydrogen-bond donors (Lipinski definition) is 1. The van der Waals surface area contributed by atoms with Crippen LogP contribution in [0.5, 0.6) is 0 Å². The number of hydrogen-bond acceptors (Lipinski definition) is 4. The average Bonchev–Trinajstić information content (AvgIpc) is 2.14. The van der Waals surface area contributed by atoms with Crippen LogP contribution in [0.25, 0.3) is 0 Å². The minimum atomic E-state index is 0.475. The molecule has 0 unspecified atom stereocenters. The molecule has 1 saturated heterocycles. The molecular weight excluding hydrogens is 170 g/mol. The highest BCUT2D eigenvalue weighted by Gasteiger charge is 2.08. The predicted octanol–water partition coefficient (Wildman–Crippen LogP) is 0.148. The summed E-state index contributed by atoms with van der Waals surface area (Å²) in [6.45, 7) is 4.92. The van der Waals surface area contributed by atoms with Crippen LogP contribution in [0.1, 0.15) is 0 Å². The van der Waals surface area contributed by atoms with Gasteiger partial charge in [-0.05, 0) is 0 Å². The molecular formula is C8H15N3S. The second-order valence-electron chi connectivity index (χ2n) is 2.79. The second-order valence-corrected chi connectivity index (χ2v) is 4.01. The van der Waals surface area contributed by atoms with Gasteiger partial charge in [-0.15, -0.1) is 0 Å². The molecule has 0 aromatic rings. The summed E-state index contributed by atoms with van der Waals surface area (Å²) >= 11 is 2.03. The zero-order valence-corrected chi connectivity index (χ0v) is 8.07. The third-order valence-corrected chi connectivity index (χ3v) is 2.86. The first kappa shape index (κ1) is 9.85. The van der Waals surface area contributed by atoms with E-state index < -0.39 is 0 Å². The van der Waals surface area contributed by atoms with Gasteiger partial charge in [-0.25, -0.2) is 0 Å². The number of thioether (sulfide) groups is 1. The van der Waals surface area contributed by atoms with Crippen molar-refractivity contribution in [2.24, 2.45) is 0 Å². The second kappa shape index (κ2) is 6.30. The zero-order valence-electron chi connectivity index (χ0n) is 7.25. The summed E-state index contributed by atoms with van der Waals surface area (Å²) in [5.74, 6) is 2.52. The van der Waals surface area contributed by atoms with Gasteiger partial charge in [-0.1, -0.05) is 0 Å². The van der Waals surface area contributed by atoms with Crippen molar-refractivity contribution in [1.82, 2.24) is 10.2 Å². The average molecular weight is 185 g/mol. The lowest BCUT2D eigenvalue weighted by atomic mass is 10.4. The van der Waals surface area contributed by atoms with Crippen LogP contribution in [0.15, 0.2) is 0 Å². The monoisotopic (exact) mass is 185 g/mol. The molecule has 1 heterocycles. The van der Waals surface area contributed by atoms with Crippen LogP contribution in [-0.4, -0.2) is 49.1 Å². The lowest BCUT2D eigenvalue weighted by molar-refractivity contribution is 0.303. The first-order chi connectivity index (χ1) is 5.93. The van der Waals surface area contributed by atoms with E-state index in [1.807, 2.05) is 11.8 Å². The molecule has 1 rings (SSSR count). The van der Waals surface area contributed by atoms with Gasteiger partial charge in [0.2, 0.25) is 0 Å². The van der Waals surface area contributed by atoms with Gasteiger partial charge in [-0.2, -0.15) is 17.0 Å². The van der Waals surface area contributed by atoms with Crippen molar-refractivity contribution in [1.29, 1.82) is 5.26 Å². The van der Waals surface area contributed by atoms with E-state index in [0.717, 1.165) is 13.1 Å². The molecule has 0 aromatic heterocycles. The van der Waals surface area contributed by atoms with Crippen LogP contribution in [0.4, 0.5) is 0 Å². The van der Waals surface area contributed by atoms with Crippen molar-refractivity contribution in [3.63, 3.8) is 0 Å². The number of nitrogens with one attached hydrogen (secondary N) is 1. The Balaban J connectivity index is 1.95. The molecule has 0 spiro atoms. The highest BCUT2D eigenvalue weighted by Crippen LogP contribution is 2.07. The van der Waals surface area contributed by atoms with Crippen LogP contribution >= 0.6 is 11.8 Å². The maximum Gasteiger partial charge on any atom is 0.0841 e. The summed E-state index contributed by atoms with van der Waals surface area (Å²) in [7, 11) is 0. The summed E-state index contributed by atoms with van der Waals surface area (Å²) in [5.41, 5.74) is 0. The number of rotatable bonds is 4. The van der Waals surface area contributed by atoms with E-state index in [4.69, 9.17) is 5.26 Å². The molecule has 1 aliphatic heterocycles. The normalized spacial score (nSPS) is 18.9. The van der Waals surface area contributed by atoms with Crippen LogP contribution < -0.4 is 5.32 Å². The Hall–Kier alpha value is -0.240. The molecule has 0 aromatic carbocycles. The Morgan fingerprint density at radius 3 is 2.83 bits per heavy atom. The molecule has 68 valence electrons. The van der Waals surface area contributed by atoms with Crippen molar-refractivity contribution in [3.8, 4) is 6.07 Å². The molecule has 3 nitrogen and oxygen atoms in total. The Morgan fingerprint density at radius 2 is 2.17 bits per heavy atom. The molecule has 4 heteroatoms. The molecule has 0 saturated carbocycles.